The van der Waals surface area contributed by atoms with E-state index in [2.05, 4.69) is 0 Å². The Morgan fingerprint density at radius 1 is 1.07 bits per heavy atom. The van der Waals surface area contributed by atoms with Gasteiger partial charge in [0.05, 0.1) is 30.9 Å². The summed E-state index contributed by atoms with van der Waals surface area (Å²) >= 11 is 1.81. The molecular formula is C21H24N2O5S. The van der Waals surface area contributed by atoms with E-state index in [1.165, 1.54) is 6.26 Å². The molecule has 2 aliphatic heterocycles. The molecule has 0 bridgehead atoms. The summed E-state index contributed by atoms with van der Waals surface area (Å²) in [5, 5.41) is 0. The summed E-state index contributed by atoms with van der Waals surface area (Å²) in [5.41, 5.74) is 0.520. The quantitative estimate of drug-likeness (QED) is 0.763. The first kappa shape index (κ1) is 19.7. The second-order valence-corrected chi connectivity index (χ2v) is 8.54. The maximum atomic E-state index is 13.1. The average Bonchev–Trinajstić information content (AvgIpc) is 3.43. The number of hydrogen-bond donors (Lipinski definition) is 0. The Hall–Kier alpha value is -2.61. The molecule has 2 aromatic rings. The molecule has 8 heteroatoms. The molecule has 2 amide bonds. The van der Waals surface area contributed by atoms with Gasteiger partial charge >= 0.3 is 0 Å². The van der Waals surface area contributed by atoms with Gasteiger partial charge in [0.15, 0.2) is 5.76 Å². The number of furan rings is 1. The predicted octanol–water partition coefficient (Wildman–Crippen LogP) is 3.12. The molecular weight excluding hydrogens is 392 g/mol. The number of likely N-dealkylation sites (tertiary alicyclic amines) is 1. The van der Waals surface area contributed by atoms with Gasteiger partial charge in [-0.15, -0.1) is 11.8 Å². The van der Waals surface area contributed by atoms with Crippen LogP contribution in [0.1, 0.15) is 33.8 Å². The molecule has 2 fully saturated rings. The standard InChI is InChI=1S/C21H24N2O5S/c1-26-15-5-6-16(18(14-15)27-2)19(24)22-9-7-21(8-10-22)23(11-13-29-21)20(25)17-4-3-12-28-17/h3-6,12,14H,7-11,13H2,1-2H3. The topological polar surface area (TPSA) is 72.2 Å². The predicted molar refractivity (Wildman–Crippen MR) is 110 cm³/mol. The van der Waals surface area contributed by atoms with Crippen LogP contribution in [0, 0.1) is 0 Å². The van der Waals surface area contributed by atoms with Crippen LogP contribution in [0.4, 0.5) is 0 Å². The number of piperidine rings is 1. The smallest absolute Gasteiger partial charge is 0.290 e. The first-order valence-electron chi connectivity index (χ1n) is 9.59. The minimum absolute atomic E-state index is 0.0636. The highest BCUT2D eigenvalue weighted by atomic mass is 32.2. The van der Waals surface area contributed by atoms with Crippen LogP contribution < -0.4 is 9.47 Å². The van der Waals surface area contributed by atoms with Crippen LogP contribution in [0.15, 0.2) is 41.0 Å². The van der Waals surface area contributed by atoms with E-state index in [4.69, 9.17) is 13.9 Å². The maximum Gasteiger partial charge on any atom is 0.290 e. The molecule has 0 radical (unpaired) electrons. The molecule has 29 heavy (non-hydrogen) atoms. The number of thioether (sulfide) groups is 1. The van der Waals surface area contributed by atoms with Crippen LogP contribution in [-0.4, -0.2) is 66.1 Å². The highest BCUT2D eigenvalue weighted by Crippen LogP contribution is 2.45. The van der Waals surface area contributed by atoms with Gasteiger partial charge in [0, 0.05) is 31.5 Å². The van der Waals surface area contributed by atoms with Crippen LogP contribution in [0.3, 0.4) is 0 Å². The van der Waals surface area contributed by atoms with Crippen molar-refractivity contribution in [1.82, 2.24) is 9.80 Å². The summed E-state index contributed by atoms with van der Waals surface area (Å²) in [4.78, 5) is 29.4. The minimum atomic E-state index is -0.273. The number of carbonyl (C=O) groups is 2. The maximum absolute atomic E-state index is 13.1. The lowest BCUT2D eigenvalue weighted by molar-refractivity contribution is 0.0476. The van der Waals surface area contributed by atoms with Crippen molar-refractivity contribution in [2.45, 2.75) is 17.7 Å². The van der Waals surface area contributed by atoms with Gasteiger partial charge < -0.3 is 23.7 Å². The van der Waals surface area contributed by atoms with Gasteiger partial charge in [-0.1, -0.05) is 0 Å². The first-order chi connectivity index (χ1) is 14.1. The number of ether oxygens (including phenoxy) is 2. The van der Waals surface area contributed by atoms with Gasteiger partial charge in [-0.2, -0.15) is 0 Å². The number of nitrogens with zero attached hydrogens (tertiary/aromatic N) is 2. The zero-order valence-corrected chi connectivity index (χ0v) is 17.4. The fraction of sp³-hybridized carbons (Fsp3) is 0.429. The largest absolute Gasteiger partial charge is 0.497 e. The van der Waals surface area contributed by atoms with Gasteiger partial charge in [0.2, 0.25) is 0 Å². The molecule has 7 nitrogen and oxygen atoms in total. The Kier molecular flexibility index (Phi) is 5.45. The molecule has 154 valence electrons. The first-order valence-corrected chi connectivity index (χ1v) is 10.6. The zero-order chi connectivity index (χ0) is 20.4. The summed E-state index contributed by atoms with van der Waals surface area (Å²) in [6, 6.07) is 8.65. The van der Waals surface area contributed by atoms with Crippen molar-refractivity contribution in [1.29, 1.82) is 0 Å². The lowest BCUT2D eigenvalue weighted by Crippen LogP contribution is -2.53. The lowest BCUT2D eigenvalue weighted by Gasteiger charge is -2.43. The van der Waals surface area contributed by atoms with Crippen molar-refractivity contribution < 1.29 is 23.5 Å². The molecule has 2 aliphatic rings. The number of rotatable bonds is 4. The van der Waals surface area contributed by atoms with Crippen LogP contribution in [0.2, 0.25) is 0 Å². The van der Waals surface area contributed by atoms with E-state index < -0.39 is 0 Å². The van der Waals surface area contributed by atoms with Gasteiger partial charge in [0.1, 0.15) is 11.5 Å². The van der Waals surface area contributed by atoms with Crippen molar-refractivity contribution in [3.05, 3.63) is 47.9 Å². The third-order valence-corrected chi connectivity index (χ3v) is 7.18. The molecule has 3 heterocycles. The van der Waals surface area contributed by atoms with Crippen LogP contribution >= 0.6 is 11.8 Å². The van der Waals surface area contributed by atoms with Crippen molar-refractivity contribution >= 4 is 23.6 Å². The number of methoxy groups -OCH3 is 2. The molecule has 0 unspecified atom stereocenters. The Morgan fingerprint density at radius 3 is 2.52 bits per heavy atom. The summed E-state index contributed by atoms with van der Waals surface area (Å²) in [7, 11) is 3.12. The Bertz CT molecular complexity index is 890. The Labute approximate surface area is 173 Å². The van der Waals surface area contributed by atoms with E-state index in [1.54, 1.807) is 56.3 Å². The van der Waals surface area contributed by atoms with Gasteiger partial charge in [-0.05, 0) is 37.1 Å². The van der Waals surface area contributed by atoms with Crippen molar-refractivity contribution in [3.63, 3.8) is 0 Å². The van der Waals surface area contributed by atoms with Gasteiger partial charge in [0.25, 0.3) is 11.8 Å². The zero-order valence-electron chi connectivity index (χ0n) is 16.6. The molecule has 4 rings (SSSR count). The SMILES string of the molecule is COc1ccc(C(=O)N2CCC3(CC2)SCCN3C(=O)c2ccco2)c(OC)c1. The number of benzene rings is 1. The number of amides is 2. The molecule has 1 spiro atoms. The van der Waals surface area contributed by atoms with Crippen LogP contribution in [0.25, 0.3) is 0 Å². The number of hydrogen-bond acceptors (Lipinski definition) is 6. The summed E-state index contributed by atoms with van der Waals surface area (Å²) in [5.74, 6) is 2.27. The van der Waals surface area contributed by atoms with E-state index in [1.807, 2.05) is 9.80 Å². The van der Waals surface area contributed by atoms with Crippen molar-refractivity contribution in [3.8, 4) is 11.5 Å². The molecule has 1 aromatic carbocycles. The number of carbonyl (C=O) groups excluding carboxylic acids is 2. The highest BCUT2D eigenvalue weighted by molar-refractivity contribution is 8.00. The third kappa shape index (κ3) is 3.57. The fourth-order valence-electron chi connectivity index (χ4n) is 4.05. The summed E-state index contributed by atoms with van der Waals surface area (Å²) < 4.78 is 15.9. The summed E-state index contributed by atoms with van der Waals surface area (Å²) in [6.07, 6.45) is 2.98. The summed E-state index contributed by atoms with van der Waals surface area (Å²) in [6.45, 7) is 1.87. The third-order valence-electron chi connectivity index (χ3n) is 5.63. The van der Waals surface area contributed by atoms with Crippen LogP contribution in [0.5, 0.6) is 11.5 Å². The van der Waals surface area contributed by atoms with E-state index in [0.717, 1.165) is 18.6 Å². The molecule has 1 aromatic heterocycles. The Balaban J connectivity index is 1.48. The molecule has 0 saturated carbocycles. The average molecular weight is 416 g/mol. The van der Waals surface area contributed by atoms with E-state index in [9.17, 15) is 9.59 Å². The van der Waals surface area contributed by atoms with E-state index in [-0.39, 0.29) is 16.7 Å². The molecule has 0 aliphatic carbocycles. The fourth-order valence-corrected chi connectivity index (χ4v) is 5.50. The molecule has 0 atom stereocenters. The second kappa shape index (κ2) is 8.02. The van der Waals surface area contributed by atoms with Gasteiger partial charge in [-0.25, -0.2) is 0 Å². The molecule has 0 N–H and O–H groups in total. The lowest BCUT2D eigenvalue weighted by atomic mass is 10.0. The van der Waals surface area contributed by atoms with E-state index in [0.29, 0.717) is 42.5 Å². The van der Waals surface area contributed by atoms with Crippen molar-refractivity contribution in [2.75, 3.05) is 39.6 Å². The van der Waals surface area contributed by atoms with Gasteiger partial charge in [-0.3, -0.25) is 9.59 Å². The van der Waals surface area contributed by atoms with E-state index >= 15 is 0 Å². The molecule has 2 saturated heterocycles. The minimum Gasteiger partial charge on any atom is -0.497 e. The van der Waals surface area contributed by atoms with Crippen molar-refractivity contribution in [2.24, 2.45) is 0 Å². The Morgan fingerprint density at radius 2 is 1.86 bits per heavy atom. The van der Waals surface area contributed by atoms with Crippen LogP contribution in [-0.2, 0) is 0 Å². The monoisotopic (exact) mass is 416 g/mol. The highest BCUT2D eigenvalue weighted by Gasteiger charge is 2.47. The normalized spacial score (nSPS) is 18.1. The second-order valence-electron chi connectivity index (χ2n) is 7.09.